The number of carbonyl (C=O) groups is 2. The average Bonchev–Trinajstić information content (AvgIpc) is 2.90. The monoisotopic (exact) mass is 585 g/mol. The number of nitrogens with zero attached hydrogens (tertiary/aromatic N) is 2. The van der Waals surface area contributed by atoms with Crippen molar-refractivity contribution in [2.24, 2.45) is 0 Å². The number of para-hydroxylation sites is 2. The predicted octanol–water partition coefficient (Wildman–Crippen LogP) is 5.18. The first-order chi connectivity index (χ1) is 18.9. The van der Waals surface area contributed by atoms with Gasteiger partial charge in [-0.1, -0.05) is 53.6 Å². The molecule has 0 heterocycles. The third-order valence-corrected chi connectivity index (χ3v) is 8.17. The van der Waals surface area contributed by atoms with Crippen molar-refractivity contribution >= 4 is 39.1 Å². The number of amides is 2. The first-order valence-corrected chi connectivity index (χ1v) is 14.9. The maximum Gasteiger partial charge on any atom is 0.264 e. The van der Waals surface area contributed by atoms with Crippen LogP contribution < -0.4 is 14.4 Å². The van der Waals surface area contributed by atoms with Gasteiger partial charge in [0.1, 0.15) is 18.3 Å². The van der Waals surface area contributed by atoms with Gasteiger partial charge in [0.2, 0.25) is 11.8 Å². The molecular weight excluding hydrogens is 550 g/mol. The number of rotatable bonds is 12. The Morgan fingerprint density at radius 2 is 1.65 bits per heavy atom. The van der Waals surface area contributed by atoms with Gasteiger partial charge in [0.15, 0.2) is 0 Å². The zero-order chi connectivity index (χ0) is 29.4. The van der Waals surface area contributed by atoms with Crippen molar-refractivity contribution in [1.82, 2.24) is 10.2 Å². The largest absolute Gasteiger partial charge is 0.492 e. The molecule has 0 radical (unpaired) electrons. The molecule has 1 atom stereocenters. The van der Waals surface area contributed by atoms with Gasteiger partial charge in [0, 0.05) is 17.6 Å². The minimum Gasteiger partial charge on any atom is -0.492 e. The molecule has 3 aromatic carbocycles. The second-order valence-corrected chi connectivity index (χ2v) is 12.0. The Hall–Kier alpha value is -3.56. The summed E-state index contributed by atoms with van der Waals surface area (Å²) in [5, 5.41) is 3.23. The lowest BCUT2D eigenvalue weighted by molar-refractivity contribution is -0.139. The molecule has 10 heteroatoms. The molecule has 0 aliphatic carbocycles. The van der Waals surface area contributed by atoms with E-state index in [9.17, 15) is 18.0 Å². The van der Waals surface area contributed by atoms with Gasteiger partial charge in [-0.05, 0) is 76.6 Å². The number of ether oxygens (including phenoxy) is 1. The standard InChI is InChI=1S/C30H36ClN3O5S/c1-6-39-28-13-8-7-12-27(28)34(40(37,38)26-16-14-25(31)15-17-26)20-29(35)33(23(5)30(36)32-21(2)3)19-24-11-9-10-22(4)18-24/h7-18,21,23H,6,19-20H2,1-5H3,(H,32,36)/t23-/m0/s1. The first kappa shape index (κ1) is 31.0. The summed E-state index contributed by atoms with van der Waals surface area (Å²) in [5.74, 6) is -0.569. The Kier molecular flexibility index (Phi) is 10.6. The van der Waals surface area contributed by atoms with Gasteiger partial charge >= 0.3 is 0 Å². The summed E-state index contributed by atoms with van der Waals surface area (Å²) in [6.45, 7) is 8.90. The Bertz CT molecular complexity index is 1430. The molecule has 1 N–H and O–H groups in total. The predicted molar refractivity (Wildman–Crippen MR) is 158 cm³/mol. The van der Waals surface area contributed by atoms with Crippen LogP contribution in [-0.2, 0) is 26.2 Å². The summed E-state index contributed by atoms with van der Waals surface area (Å²) in [4.78, 5) is 28.4. The molecule has 214 valence electrons. The number of nitrogens with one attached hydrogen (secondary N) is 1. The maximum absolute atomic E-state index is 14.0. The van der Waals surface area contributed by atoms with Crippen LogP contribution in [0.15, 0.2) is 77.7 Å². The Morgan fingerprint density at radius 1 is 0.975 bits per heavy atom. The number of carbonyl (C=O) groups excluding carboxylic acids is 2. The minimum atomic E-state index is -4.24. The van der Waals surface area contributed by atoms with E-state index >= 15 is 0 Å². The number of benzene rings is 3. The zero-order valence-corrected chi connectivity index (χ0v) is 25.0. The summed E-state index contributed by atoms with van der Waals surface area (Å²) in [7, 11) is -4.24. The topological polar surface area (TPSA) is 96.0 Å². The summed E-state index contributed by atoms with van der Waals surface area (Å²) in [6.07, 6.45) is 0. The number of sulfonamides is 1. The van der Waals surface area contributed by atoms with Crippen LogP contribution in [-0.4, -0.2) is 50.4 Å². The maximum atomic E-state index is 14.0. The van der Waals surface area contributed by atoms with Crippen LogP contribution in [0, 0.1) is 6.92 Å². The highest BCUT2D eigenvalue weighted by Crippen LogP contribution is 2.33. The van der Waals surface area contributed by atoms with Gasteiger partial charge in [0.05, 0.1) is 17.2 Å². The SMILES string of the molecule is CCOc1ccccc1N(CC(=O)N(Cc1cccc(C)c1)[C@@H](C)C(=O)NC(C)C)S(=O)(=O)c1ccc(Cl)cc1. The van der Waals surface area contributed by atoms with Crippen molar-refractivity contribution < 1.29 is 22.7 Å². The van der Waals surface area contributed by atoms with Crippen molar-refractivity contribution in [2.45, 2.75) is 58.1 Å². The molecule has 40 heavy (non-hydrogen) atoms. The lowest BCUT2D eigenvalue weighted by Crippen LogP contribution is -2.52. The van der Waals surface area contributed by atoms with Crippen molar-refractivity contribution in [3.8, 4) is 5.75 Å². The summed E-state index contributed by atoms with van der Waals surface area (Å²) < 4.78 is 34.7. The van der Waals surface area contributed by atoms with E-state index in [-0.39, 0.29) is 29.1 Å². The van der Waals surface area contributed by atoms with E-state index in [2.05, 4.69) is 5.32 Å². The smallest absolute Gasteiger partial charge is 0.264 e. The highest BCUT2D eigenvalue weighted by molar-refractivity contribution is 7.92. The van der Waals surface area contributed by atoms with Gasteiger partial charge in [-0.3, -0.25) is 13.9 Å². The number of aryl methyl sites for hydroxylation is 1. The lowest BCUT2D eigenvalue weighted by Gasteiger charge is -2.32. The van der Waals surface area contributed by atoms with Crippen molar-refractivity contribution in [2.75, 3.05) is 17.5 Å². The van der Waals surface area contributed by atoms with Gasteiger partial charge in [-0.15, -0.1) is 0 Å². The fourth-order valence-corrected chi connectivity index (χ4v) is 5.73. The zero-order valence-electron chi connectivity index (χ0n) is 23.4. The highest BCUT2D eigenvalue weighted by Gasteiger charge is 2.34. The second kappa shape index (κ2) is 13.7. The third kappa shape index (κ3) is 7.76. The Balaban J connectivity index is 2.09. The molecule has 0 fully saturated rings. The average molecular weight is 586 g/mol. The molecule has 0 aliphatic rings. The number of halogens is 1. The molecule has 0 saturated carbocycles. The van der Waals surface area contributed by atoms with Crippen LogP contribution in [0.3, 0.4) is 0 Å². The fraction of sp³-hybridized carbons (Fsp3) is 0.333. The Morgan fingerprint density at radius 3 is 2.27 bits per heavy atom. The lowest BCUT2D eigenvalue weighted by atomic mass is 10.1. The van der Waals surface area contributed by atoms with Crippen LogP contribution in [0.5, 0.6) is 5.75 Å². The fourth-order valence-electron chi connectivity index (χ4n) is 4.18. The van der Waals surface area contributed by atoms with Gasteiger partial charge in [0.25, 0.3) is 10.0 Å². The van der Waals surface area contributed by atoms with Crippen molar-refractivity contribution in [3.05, 3.63) is 88.9 Å². The van der Waals surface area contributed by atoms with E-state index in [0.717, 1.165) is 15.4 Å². The third-order valence-electron chi connectivity index (χ3n) is 6.15. The second-order valence-electron chi connectivity index (χ2n) is 9.72. The molecule has 8 nitrogen and oxygen atoms in total. The molecule has 2 amide bonds. The van der Waals surface area contributed by atoms with E-state index in [1.54, 1.807) is 38.1 Å². The first-order valence-electron chi connectivity index (χ1n) is 13.1. The van der Waals surface area contributed by atoms with Crippen LogP contribution >= 0.6 is 11.6 Å². The molecule has 0 unspecified atom stereocenters. The van der Waals surface area contributed by atoms with Crippen LogP contribution in [0.1, 0.15) is 38.8 Å². The van der Waals surface area contributed by atoms with Crippen molar-refractivity contribution in [1.29, 1.82) is 0 Å². The normalized spacial score (nSPS) is 12.1. The molecule has 3 rings (SSSR count). The van der Waals surface area contributed by atoms with Gasteiger partial charge in [-0.2, -0.15) is 0 Å². The van der Waals surface area contributed by atoms with Gasteiger partial charge in [-0.25, -0.2) is 8.42 Å². The number of hydrogen-bond acceptors (Lipinski definition) is 5. The van der Waals surface area contributed by atoms with E-state index in [4.69, 9.17) is 16.3 Å². The van der Waals surface area contributed by atoms with E-state index in [1.165, 1.54) is 29.2 Å². The van der Waals surface area contributed by atoms with Crippen molar-refractivity contribution in [3.63, 3.8) is 0 Å². The molecule has 0 aliphatic heterocycles. The number of hydrogen-bond donors (Lipinski definition) is 1. The van der Waals surface area contributed by atoms with Gasteiger partial charge < -0.3 is 15.0 Å². The molecular formula is C30H36ClN3O5S. The molecule has 3 aromatic rings. The molecule has 0 saturated heterocycles. The quantitative estimate of drug-likeness (QED) is 0.316. The highest BCUT2D eigenvalue weighted by atomic mass is 35.5. The summed E-state index contributed by atoms with van der Waals surface area (Å²) >= 11 is 6.01. The minimum absolute atomic E-state index is 0.0353. The van der Waals surface area contributed by atoms with Crippen LogP contribution in [0.4, 0.5) is 5.69 Å². The Labute approximate surface area is 241 Å². The van der Waals surface area contributed by atoms with E-state index in [0.29, 0.717) is 17.4 Å². The van der Waals surface area contributed by atoms with E-state index in [1.807, 2.05) is 45.0 Å². The number of anilines is 1. The van der Waals surface area contributed by atoms with Crippen LogP contribution in [0.25, 0.3) is 0 Å². The molecule has 0 bridgehead atoms. The molecule has 0 spiro atoms. The van der Waals surface area contributed by atoms with Crippen LogP contribution in [0.2, 0.25) is 5.02 Å². The molecule has 0 aromatic heterocycles. The summed E-state index contributed by atoms with van der Waals surface area (Å²) in [5.41, 5.74) is 2.03. The van der Waals surface area contributed by atoms with E-state index < -0.39 is 28.5 Å². The summed E-state index contributed by atoms with van der Waals surface area (Å²) in [6, 6.07) is 19.0.